The van der Waals surface area contributed by atoms with Crippen LogP contribution in [0.15, 0.2) is 255 Å². The van der Waals surface area contributed by atoms with Crippen LogP contribution >= 0.6 is 0 Å². The van der Waals surface area contributed by atoms with Crippen LogP contribution in [0.5, 0.6) is 0 Å². The molecule has 0 aliphatic heterocycles. The Morgan fingerprint density at radius 1 is 0.318 bits per heavy atom. The summed E-state index contributed by atoms with van der Waals surface area (Å²) in [7, 11) is 0. The van der Waals surface area contributed by atoms with E-state index in [2.05, 4.69) is 235 Å². The monoisotopic (exact) mass is 845 g/mol. The van der Waals surface area contributed by atoms with Crippen LogP contribution in [0.1, 0.15) is 54.9 Å². The molecule has 10 aromatic rings. The number of benzene rings is 10. The van der Waals surface area contributed by atoms with Crippen molar-refractivity contribution in [2.45, 2.75) is 10.8 Å². The lowest BCUT2D eigenvalue weighted by Gasteiger charge is -2.36. The number of hydrogen-bond acceptors (Lipinski definition) is 2. The zero-order valence-corrected chi connectivity index (χ0v) is 36.1. The summed E-state index contributed by atoms with van der Waals surface area (Å²) in [5, 5.41) is 9.60. The summed E-state index contributed by atoms with van der Waals surface area (Å²) in [4.78, 5) is 14.1. The summed E-state index contributed by atoms with van der Waals surface area (Å²) >= 11 is 0. The van der Waals surface area contributed by atoms with E-state index in [1.54, 1.807) is 12.1 Å². The summed E-state index contributed by atoms with van der Waals surface area (Å²) in [5.74, 6) is -0.936. The van der Waals surface area contributed by atoms with Crippen molar-refractivity contribution >= 4 is 23.0 Å². The van der Waals surface area contributed by atoms with Gasteiger partial charge in [-0.1, -0.05) is 206 Å². The van der Waals surface area contributed by atoms with E-state index in [1.165, 1.54) is 66.8 Å². The van der Waals surface area contributed by atoms with Crippen molar-refractivity contribution in [3.05, 3.63) is 305 Å². The highest BCUT2D eigenvalue weighted by Gasteiger charge is 2.48. The molecule has 1 N–H and O–H groups in total. The highest BCUT2D eigenvalue weighted by Crippen LogP contribution is 2.59. The predicted octanol–water partition coefficient (Wildman–Crippen LogP) is 15.2. The fourth-order valence-corrected chi connectivity index (χ4v) is 11.2. The molecule has 12 rings (SSSR count). The van der Waals surface area contributed by atoms with Gasteiger partial charge in [0.05, 0.1) is 16.4 Å². The molecule has 312 valence electrons. The van der Waals surface area contributed by atoms with Gasteiger partial charge in [0.2, 0.25) is 0 Å². The van der Waals surface area contributed by atoms with E-state index >= 15 is 0 Å². The molecular weight excluding hydrogens is 803 g/mol. The van der Waals surface area contributed by atoms with Gasteiger partial charge in [-0.15, -0.1) is 0 Å². The first-order valence-corrected chi connectivity index (χ1v) is 22.5. The van der Waals surface area contributed by atoms with Crippen molar-refractivity contribution < 1.29 is 9.90 Å². The Bertz CT molecular complexity index is 3160. The van der Waals surface area contributed by atoms with Crippen molar-refractivity contribution in [2.24, 2.45) is 0 Å². The van der Waals surface area contributed by atoms with Gasteiger partial charge in [0.25, 0.3) is 0 Å². The van der Waals surface area contributed by atoms with Crippen LogP contribution in [0.2, 0.25) is 0 Å². The Labute approximate surface area is 385 Å². The lowest BCUT2D eigenvalue weighted by Crippen LogP contribution is -2.29. The Kier molecular flexibility index (Phi) is 9.25. The third-order valence-electron chi connectivity index (χ3n) is 14.0. The van der Waals surface area contributed by atoms with E-state index in [1.807, 2.05) is 12.1 Å². The lowest BCUT2D eigenvalue weighted by atomic mass is 9.67. The van der Waals surface area contributed by atoms with Crippen LogP contribution in [0.25, 0.3) is 33.4 Å². The second kappa shape index (κ2) is 15.6. The smallest absolute Gasteiger partial charge is 0.335 e. The van der Waals surface area contributed by atoms with Gasteiger partial charge in [-0.25, -0.2) is 4.79 Å². The molecule has 0 saturated carbocycles. The molecule has 0 aromatic heterocycles. The SMILES string of the molecule is O=C(O)c1ccc(-c2ccc(N(c3ccc4c(c3)C(c3ccccc3)(c3ccccc3)c3ccccc3-4)c3ccc4c(c3)C(c3ccccc3)(c3ccccc3)c3ccccc3-4)cc2)cc1. The molecule has 0 atom stereocenters. The van der Waals surface area contributed by atoms with Crippen molar-refractivity contribution in [1.29, 1.82) is 0 Å². The Morgan fingerprint density at radius 2 is 0.636 bits per heavy atom. The molecule has 3 heteroatoms. The van der Waals surface area contributed by atoms with Gasteiger partial charge in [0.1, 0.15) is 0 Å². The number of aromatic carboxylic acids is 1. The van der Waals surface area contributed by atoms with Crippen molar-refractivity contribution in [3.63, 3.8) is 0 Å². The molecule has 0 amide bonds. The molecule has 3 nitrogen and oxygen atoms in total. The maximum absolute atomic E-state index is 11.7. The minimum atomic E-state index is -0.936. The molecule has 0 saturated heterocycles. The second-order valence-corrected chi connectivity index (χ2v) is 17.3. The van der Waals surface area contributed by atoms with Crippen molar-refractivity contribution in [3.8, 4) is 33.4 Å². The summed E-state index contributed by atoms with van der Waals surface area (Å²) in [6, 6.07) is 91.4. The van der Waals surface area contributed by atoms with Crippen LogP contribution < -0.4 is 4.90 Å². The molecule has 10 aromatic carbocycles. The number of rotatable bonds is 9. The highest BCUT2D eigenvalue weighted by atomic mass is 16.4. The molecule has 0 fully saturated rings. The third kappa shape index (κ3) is 5.87. The van der Waals surface area contributed by atoms with E-state index in [0.717, 1.165) is 28.2 Å². The normalized spacial score (nSPS) is 13.5. The second-order valence-electron chi connectivity index (χ2n) is 17.3. The van der Waals surface area contributed by atoms with E-state index in [4.69, 9.17) is 0 Å². The zero-order valence-electron chi connectivity index (χ0n) is 36.1. The maximum atomic E-state index is 11.7. The third-order valence-corrected chi connectivity index (χ3v) is 14.0. The van der Waals surface area contributed by atoms with Gasteiger partial charge in [-0.2, -0.15) is 0 Å². The fourth-order valence-electron chi connectivity index (χ4n) is 11.2. The molecule has 0 bridgehead atoms. The van der Waals surface area contributed by atoms with Crippen LogP contribution in [-0.2, 0) is 10.8 Å². The maximum Gasteiger partial charge on any atom is 0.335 e. The van der Waals surface area contributed by atoms with Gasteiger partial charge < -0.3 is 10.0 Å². The number of anilines is 3. The fraction of sp³-hybridized carbons (Fsp3) is 0.0317. The number of hydrogen-bond donors (Lipinski definition) is 1. The molecule has 0 spiro atoms. The van der Waals surface area contributed by atoms with Crippen molar-refractivity contribution in [2.75, 3.05) is 4.90 Å². The van der Waals surface area contributed by atoms with Gasteiger partial charge >= 0.3 is 5.97 Å². The molecule has 0 radical (unpaired) electrons. The van der Waals surface area contributed by atoms with E-state index in [-0.39, 0.29) is 5.56 Å². The average molecular weight is 846 g/mol. The summed E-state index contributed by atoms with van der Waals surface area (Å²) in [6.07, 6.45) is 0. The first-order chi connectivity index (χ1) is 32.6. The quantitative estimate of drug-likeness (QED) is 0.157. The predicted molar refractivity (Wildman–Crippen MR) is 268 cm³/mol. The van der Waals surface area contributed by atoms with E-state index in [0.29, 0.717) is 0 Å². The number of carboxylic acids is 1. The summed E-state index contributed by atoms with van der Waals surface area (Å²) < 4.78 is 0. The van der Waals surface area contributed by atoms with Crippen LogP contribution in [-0.4, -0.2) is 11.1 Å². The Morgan fingerprint density at radius 3 is 1.02 bits per heavy atom. The molecular formula is C63H43NO2. The molecule has 0 unspecified atom stereocenters. The lowest BCUT2D eigenvalue weighted by molar-refractivity contribution is 0.0697. The van der Waals surface area contributed by atoms with Gasteiger partial charge in [-0.05, 0) is 126 Å². The summed E-state index contributed by atoms with van der Waals surface area (Å²) in [5.41, 5.74) is 18.9. The van der Waals surface area contributed by atoms with E-state index in [9.17, 15) is 9.90 Å². The first-order valence-electron chi connectivity index (χ1n) is 22.5. The minimum Gasteiger partial charge on any atom is -0.478 e. The van der Waals surface area contributed by atoms with Gasteiger partial charge in [0, 0.05) is 17.1 Å². The average Bonchev–Trinajstić information content (AvgIpc) is 3.86. The van der Waals surface area contributed by atoms with Crippen LogP contribution in [0, 0.1) is 0 Å². The number of fused-ring (bicyclic) bond motifs is 6. The van der Waals surface area contributed by atoms with Crippen molar-refractivity contribution in [1.82, 2.24) is 0 Å². The Hall–Kier alpha value is -8.53. The van der Waals surface area contributed by atoms with Crippen LogP contribution in [0.3, 0.4) is 0 Å². The minimum absolute atomic E-state index is 0.267. The first kappa shape index (κ1) is 39.1. The highest BCUT2D eigenvalue weighted by molar-refractivity contribution is 5.93. The molecule has 2 aliphatic rings. The van der Waals surface area contributed by atoms with Gasteiger partial charge in [-0.3, -0.25) is 0 Å². The molecule has 0 heterocycles. The largest absolute Gasteiger partial charge is 0.478 e. The van der Waals surface area contributed by atoms with Crippen LogP contribution in [0.4, 0.5) is 17.1 Å². The standard InChI is InChI=1S/C63H43NO2/c65-61(66)45-31-29-43(30-32-45)44-33-35-50(36-34-44)64(51-37-39-55-53-25-13-15-27-57(53)62(59(55)41-51,46-17-5-1-6-18-46)47-19-7-2-8-20-47)52-38-40-56-54-26-14-16-28-58(54)63(60(56)42-52,48-21-9-3-10-22-48)49-23-11-4-12-24-49/h1-42H,(H,65,66). The number of carboxylic acid groups (broad SMARTS) is 1. The number of carbonyl (C=O) groups is 1. The topological polar surface area (TPSA) is 40.5 Å². The number of nitrogens with zero attached hydrogens (tertiary/aromatic N) is 1. The van der Waals surface area contributed by atoms with E-state index < -0.39 is 16.8 Å². The molecule has 66 heavy (non-hydrogen) atoms. The van der Waals surface area contributed by atoms with Gasteiger partial charge in [0.15, 0.2) is 0 Å². The zero-order chi connectivity index (χ0) is 44.2. The summed E-state index contributed by atoms with van der Waals surface area (Å²) in [6.45, 7) is 0. The Balaban J connectivity index is 1.11. The molecule has 2 aliphatic carbocycles.